The van der Waals surface area contributed by atoms with Crippen LogP contribution in [0.5, 0.6) is 0 Å². The molecule has 84 valence electrons. The van der Waals surface area contributed by atoms with Crippen LogP contribution in [0.15, 0.2) is 16.7 Å². The minimum atomic E-state index is -0.976. The van der Waals surface area contributed by atoms with Gasteiger partial charge in [0.2, 0.25) is 0 Å². The standard InChI is InChI=1S/C11H16O4/c1-2-3-4-5-14-8-10-6-9(7-15-10)11(12)13/h6-7H,2-5,8H2,1H3,(H,12,13). The molecule has 0 spiro atoms. The second-order valence-corrected chi connectivity index (χ2v) is 3.37. The Morgan fingerprint density at radius 2 is 2.33 bits per heavy atom. The molecule has 0 aliphatic rings. The summed E-state index contributed by atoms with van der Waals surface area (Å²) >= 11 is 0. The summed E-state index contributed by atoms with van der Waals surface area (Å²) in [5, 5.41) is 8.64. The first-order chi connectivity index (χ1) is 7.24. The number of unbranched alkanes of at least 4 members (excludes halogenated alkanes) is 2. The van der Waals surface area contributed by atoms with E-state index in [2.05, 4.69) is 6.92 Å². The Bertz CT molecular complexity index is 303. The fourth-order valence-electron chi connectivity index (χ4n) is 1.20. The number of hydrogen-bond donors (Lipinski definition) is 1. The lowest BCUT2D eigenvalue weighted by atomic mass is 10.3. The highest BCUT2D eigenvalue weighted by Crippen LogP contribution is 2.09. The summed E-state index contributed by atoms with van der Waals surface area (Å²) in [4.78, 5) is 10.5. The van der Waals surface area contributed by atoms with Crippen LogP contribution < -0.4 is 0 Å². The predicted octanol–water partition coefficient (Wildman–Crippen LogP) is 2.68. The predicted molar refractivity (Wildman–Crippen MR) is 54.8 cm³/mol. The normalized spacial score (nSPS) is 10.5. The van der Waals surface area contributed by atoms with Crippen molar-refractivity contribution in [3.63, 3.8) is 0 Å². The second kappa shape index (κ2) is 6.24. The van der Waals surface area contributed by atoms with E-state index in [1.807, 2.05) is 0 Å². The van der Waals surface area contributed by atoms with Gasteiger partial charge in [0, 0.05) is 6.61 Å². The van der Waals surface area contributed by atoms with Crippen LogP contribution >= 0.6 is 0 Å². The number of ether oxygens (including phenoxy) is 1. The van der Waals surface area contributed by atoms with E-state index < -0.39 is 5.97 Å². The van der Waals surface area contributed by atoms with Crippen LogP contribution in [-0.2, 0) is 11.3 Å². The van der Waals surface area contributed by atoms with Gasteiger partial charge in [0.05, 0.1) is 5.56 Å². The molecule has 1 aromatic heterocycles. The quantitative estimate of drug-likeness (QED) is 0.706. The minimum absolute atomic E-state index is 0.169. The first-order valence-electron chi connectivity index (χ1n) is 5.12. The molecule has 0 aromatic carbocycles. The van der Waals surface area contributed by atoms with Gasteiger partial charge >= 0.3 is 5.97 Å². The molecule has 1 N–H and O–H groups in total. The fourth-order valence-corrected chi connectivity index (χ4v) is 1.20. The van der Waals surface area contributed by atoms with Gasteiger partial charge in [-0.1, -0.05) is 19.8 Å². The Morgan fingerprint density at radius 3 is 2.93 bits per heavy atom. The van der Waals surface area contributed by atoms with Crippen LogP contribution in [0.2, 0.25) is 0 Å². The third-order valence-corrected chi connectivity index (χ3v) is 2.04. The number of carboxylic acid groups (broad SMARTS) is 1. The highest BCUT2D eigenvalue weighted by Gasteiger charge is 2.07. The van der Waals surface area contributed by atoms with Gasteiger partial charge in [-0.15, -0.1) is 0 Å². The summed E-state index contributed by atoms with van der Waals surface area (Å²) in [6.07, 6.45) is 4.57. The number of furan rings is 1. The fraction of sp³-hybridized carbons (Fsp3) is 0.545. The summed E-state index contributed by atoms with van der Waals surface area (Å²) in [6.45, 7) is 3.17. The van der Waals surface area contributed by atoms with Gasteiger partial charge < -0.3 is 14.3 Å². The number of rotatable bonds is 7. The van der Waals surface area contributed by atoms with Gasteiger partial charge in [0.1, 0.15) is 18.6 Å². The molecule has 0 amide bonds. The van der Waals surface area contributed by atoms with Crippen molar-refractivity contribution in [3.8, 4) is 0 Å². The van der Waals surface area contributed by atoms with E-state index in [0.29, 0.717) is 19.0 Å². The van der Waals surface area contributed by atoms with E-state index in [-0.39, 0.29) is 5.56 Å². The molecule has 0 unspecified atom stereocenters. The van der Waals surface area contributed by atoms with Gasteiger partial charge in [0.25, 0.3) is 0 Å². The molecule has 15 heavy (non-hydrogen) atoms. The Morgan fingerprint density at radius 1 is 1.53 bits per heavy atom. The van der Waals surface area contributed by atoms with E-state index in [1.54, 1.807) is 0 Å². The van der Waals surface area contributed by atoms with Gasteiger partial charge in [-0.05, 0) is 12.5 Å². The van der Waals surface area contributed by atoms with Crippen LogP contribution in [0, 0.1) is 0 Å². The number of carbonyl (C=O) groups is 1. The minimum Gasteiger partial charge on any atom is -0.478 e. The Hall–Kier alpha value is -1.29. The van der Waals surface area contributed by atoms with E-state index in [9.17, 15) is 4.79 Å². The molecule has 0 atom stereocenters. The van der Waals surface area contributed by atoms with Gasteiger partial charge in [-0.2, -0.15) is 0 Å². The molecule has 0 saturated carbocycles. The number of hydrogen-bond acceptors (Lipinski definition) is 3. The zero-order valence-corrected chi connectivity index (χ0v) is 8.86. The SMILES string of the molecule is CCCCCOCc1cc(C(=O)O)co1. The molecule has 1 aromatic rings. The van der Waals surface area contributed by atoms with Crippen LogP contribution in [0.4, 0.5) is 0 Å². The Balaban J connectivity index is 2.23. The molecular formula is C11H16O4. The van der Waals surface area contributed by atoms with E-state index in [0.717, 1.165) is 19.3 Å². The highest BCUT2D eigenvalue weighted by molar-refractivity contribution is 5.87. The van der Waals surface area contributed by atoms with Crippen molar-refractivity contribution in [1.82, 2.24) is 0 Å². The molecule has 0 saturated heterocycles. The first-order valence-corrected chi connectivity index (χ1v) is 5.12. The summed E-state index contributed by atoms with van der Waals surface area (Å²) in [5.74, 6) is -0.417. The number of carboxylic acids is 1. The molecule has 1 heterocycles. The molecule has 0 fully saturated rings. The van der Waals surface area contributed by atoms with E-state index in [1.165, 1.54) is 12.3 Å². The summed E-state index contributed by atoms with van der Waals surface area (Å²) in [6, 6.07) is 1.49. The van der Waals surface area contributed by atoms with Crippen LogP contribution in [0.1, 0.15) is 42.3 Å². The molecule has 0 aliphatic carbocycles. The lowest BCUT2D eigenvalue weighted by Crippen LogP contribution is -1.95. The van der Waals surface area contributed by atoms with Crippen molar-refractivity contribution in [2.24, 2.45) is 0 Å². The van der Waals surface area contributed by atoms with Gasteiger partial charge in [0.15, 0.2) is 0 Å². The maximum Gasteiger partial charge on any atom is 0.338 e. The topological polar surface area (TPSA) is 59.7 Å². The van der Waals surface area contributed by atoms with Crippen molar-refractivity contribution >= 4 is 5.97 Å². The Labute approximate surface area is 88.8 Å². The Kier molecular flexibility index (Phi) is 4.90. The van der Waals surface area contributed by atoms with Crippen molar-refractivity contribution in [2.75, 3.05) is 6.61 Å². The van der Waals surface area contributed by atoms with E-state index in [4.69, 9.17) is 14.3 Å². The van der Waals surface area contributed by atoms with Gasteiger partial charge in [-0.3, -0.25) is 0 Å². The third-order valence-electron chi connectivity index (χ3n) is 2.04. The zero-order chi connectivity index (χ0) is 11.1. The molecule has 1 rings (SSSR count). The highest BCUT2D eigenvalue weighted by atomic mass is 16.5. The summed E-state index contributed by atoms with van der Waals surface area (Å²) in [7, 11) is 0. The zero-order valence-electron chi connectivity index (χ0n) is 8.86. The largest absolute Gasteiger partial charge is 0.478 e. The van der Waals surface area contributed by atoms with Crippen molar-refractivity contribution in [2.45, 2.75) is 32.8 Å². The molecule has 4 nitrogen and oxygen atoms in total. The smallest absolute Gasteiger partial charge is 0.338 e. The van der Waals surface area contributed by atoms with Crippen LogP contribution in [0.25, 0.3) is 0 Å². The first kappa shape index (κ1) is 11.8. The average molecular weight is 212 g/mol. The van der Waals surface area contributed by atoms with E-state index >= 15 is 0 Å². The molecular weight excluding hydrogens is 196 g/mol. The van der Waals surface area contributed by atoms with Gasteiger partial charge in [-0.25, -0.2) is 4.79 Å². The lowest BCUT2D eigenvalue weighted by Gasteiger charge is -2.00. The molecule has 0 radical (unpaired) electrons. The average Bonchev–Trinajstić information content (AvgIpc) is 2.66. The van der Waals surface area contributed by atoms with Crippen LogP contribution in [-0.4, -0.2) is 17.7 Å². The molecule has 4 heteroatoms. The monoisotopic (exact) mass is 212 g/mol. The van der Waals surface area contributed by atoms with Crippen LogP contribution in [0.3, 0.4) is 0 Å². The maximum absolute atomic E-state index is 10.5. The molecule has 0 aliphatic heterocycles. The third kappa shape index (κ3) is 4.16. The summed E-state index contributed by atoms with van der Waals surface area (Å²) < 4.78 is 10.4. The molecule has 0 bridgehead atoms. The maximum atomic E-state index is 10.5. The second-order valence-electron chi connectivity index (χ2n) is 3.37. The van der Waals surface area contributed by atoms with Crippen molar-refractivity contribution in [3.05, 3.63) is 23.7 Å². The number of aromatic carboxylic acids is 1. The van der Waals surface area contributed by atoms with Crippen molar-refractivity contribution in [1.29, 1.82) is 0 Å². The summed E-state index contributed by atoms with van der Waals surface area (Å²) in [5.41, 5.74) is 0.169. The van der Waals surface area contributed by atoms with Crippen molar-refractivity contribution < 1.29 is 19.1 Å². The lowest BCUT2D eigenvalue weighted by molar-refractivity contribution is 0.0696.